The Morgan fingerprint density at radius 2 is 2.35 bits per heavy atom. The van der Waals surface area contributed by atoms with Gasteiger partial charge in [-0.25, -0.2) is 0 Å². The van der Waals surface area contributed by atoms with Crippen LogP contribution in [0.5, 0.6) is 5.75 Å². The third kappa shape index (κ3) is 2.91. The summed E-state index contributed by atoms with van der Waals surface area (Å²) in [5.74, 6) is 1.87. The monoisotopic (exact) mass is 253 g/mol. The van der Waals surface area contributed by atoms with Gasteiger partial charge in [-0.2, -0.15) is 0 Å². The zero-order valence-electron chi connectivity index (χ0n) is 9.86. The molecule has 17 heavy (non-hydrogen) atoms. The molecule has 1 unspecified atom stereocenters. The lowest BCUT2D eigenvalue weighted by molar-refractivity contribution is -0.128. The third-order valence-electron chi connectivity index (χ3n) is 3.02. The van der Waals surface area contributed by atoms with E-state index >= 15 is 0 Å². The fourth-order valence-electron chi connectivity index (χ4n) is 2.10. The fourth-order valence-corrected chi connectivity index (χ4v) is 2.31. The Hall–Kier alpha value is -1.22. The van der Waals surface area contributed by atoms with E-state index in [1.54, 1.807) is 7.11 Å². The van der Waals surface area contributed by atoms with Gasteiger partial charge < -0.3 is 9.64 Å². The maximum absolute atomic E-state index is 11.7. The van der Waals surface area contributed by atoms with E-state index in [0.29, 0.717) is 24.8 Å². The van der Waals surface area contributed by atoms with Crippen LogP contribution in [0.4, 0.5) is 0 Å². The minimum Gasteiger partial charge on any atom is -0.497 e. The molecule has 1 saturated heterocycles. The number of amides is 1. The maximum Gasteiger partial charge on any atom is 0.223 e. The molecule has 1 aromatic rings. The number of rotatable bonds is 4. The van der Waals surface area contributed by atoms with Crippen LogP contribution in [-0.2, 0) is 11.3 Å². The molecule has 4 heteroatoms. The van der Waals surface area contributed by atoms with Gasteiger partial charge in [-0.05, 0) is 23.6 Å². The number of likely N-dealkylation sites (tertiary alicyclic amines) is 1. The molecule has 0 saturated carbocycles. The summed E-state index contributed by atoms with van der Waals surface area (Å²) < 4.78 is 5.16. The van der Waals surface area contributed by atoms with Crippen molar-refractivity contribution < 1.29 is 9.53 Å². The van der Waals surface area contributed by atoms with Crippen LogP contribution in [0.1, 0.15) is 12.0 Å². The second-order valence-corrected chi connectivity index (χ2v) is 4.66. The normalized spacial score (nSPS) is 19.8. The Labute approximate surface area is 106 Å². The van der Waals surface area contributed by atoms with Crippen LogP contribution in [-0.4, -0.2) is 30.3 Å². The van der Waals surface area contributed by atoms with E-state index < -0.39 is 0 Å². The Morgan fingerprint density at radius 1 is 1.53 bits per heavy atom. The summed E-state index contributed by atoms with van der Waals surface area (Å²) in [7, 11) is 1.64. The van der Waals surface area contributed by atoms with Crippen molar-refractivity contribution in [1.29, 1.82) is 0 Å². The SMILES string of the molecule is COc1cccc(CN2CC(CCl)CC2=O)c1. The molecule has 3 nitrogen and oxygen atoms in total. The zero-order chi connectivity index (χ0) is 12.3. The molecule has 1 aliphatic heterocycles. The van der Waals surface area contributed by atoms with Crippen molar-refractivity contribution in [2.75, 3.05) is 19.5 Å². The van der Waals surface area contributed by atoms with Crippen LogP contribution in [0.25, 0.3) is 0 Å². The first-order valence-electron chi connectivity index (χ1n) is 5.69. The summed E-state index contributed by atoms with van der Waals surface area (Å²) >= 11 is 5.79. The van der Waals surface area contributed by atoms with Gasteiger partial charge in [-0.15, -0.1) is 11.6 Å². The summed E-state index contributed by atoms with van der Waals surface area (Å²) in [5.41, 5.74) is 1.09. The lowest BCUT2D eigenvalue weighted by Gasteiger charge is -2.16. The van der Waals surface area contributed by atoms with E-state index in [1.165, 1.54) is 0 Å². The minimum absolute atomic E-state index is 0.193. The summed E-state index contributed by atoms with van der Waals surface area (Å²) in [4.78, 5) is 13.6. The van der Waals surface area contributed by atoms with Gasteiger partial charge in [-0.3, -0.25) is 4.79 Å². The van der Waals surface area contributed by atoms with Crippen molar-refractivity contribution in [3.8, 4) is 5.75 Å². The Bertz CT molecular complexity index is 408. The number of carbonyl (C=O) groups is 1. The Balaban J connectivity index is 2.03. The van der Waals surface area contributed by atoms with Gasteiger partial charge in [0.2, 0.25) is 5.91 Å². The van der Waals surface area contributed by atoms with Gasteiger partial charge in [0, 0.05) is 25.4 Å². The van der Waals surface area contributed by atoms with Crippen molar-refractivity contribution in [1.82, 2.24) is 4.90 Å². The van der Waals surface area contributed by atoms with Crippen molar-refractivity contribution in [2.45, 2.75) is 13.0 Å². The largest absolute Gasteiger partial charge is 0.497 e. The average Bonchev–Trinajstić information content (AvgIpc) is 2.70. The highest BCUT2D eigenvalue weighted by atomic mass is 35.5. The number of benzene rings is 1. The van der Waals surface area contributed by atoms with Crippen LogP contribution in [0.3, 0.4) is 0 Å². The highest BCUT2D eigenvalue weighted by Gasteiger charge is 2.28. The standard InChI is InChI=1S/C13H16ClNO2/c1-17-12-4-2-3-10(5-12)8-15-9-11(7-14)6-13(15)16/h2-5,11H,6-9H2,1H3. The average molecular weight is 254 g/mol. The van der Waals surface area contributed by atoms with E-state index in [9.17, 15) is 4.79 Å². The molecule has 1 atom stereocenters. The molecule has 0 aromatic heterocycles. The number of hydrogen-bond donors (Lipinski definition) is 0. The van der Waals surface area contributed by atoms with Gasteiger partial charge in [0.25, 0.3) is 0 Å². The van der Waals surface area contributed by atoms with Crippen molar-refractivity contribution in [3.05, 3.63) is 29.8 Å². The van der Waals surface area contributed by atoms with Gasteiger partial charge in [0.1, 0.15) is 5.75 Å². The van der Waals surface area contributed by atoms with E-state index in [0.717, 1.165) is 17.9 Å². The highest BCUT2D eigenvalue weighted by Crippen LogP contribution is 2.22. The maximum atomic E-state index is 11.7. The Morgan fingerprint density at radius 3 is 3.00 bits per heavy atom. The first-order chi connectivity index (χ1) is 8.22. The molecular weight excluding hydrogens is 238 g/mol. The van der Waals surface area contributed by atoms with Crippen LogP contribution in [0, 0.1) is 5.92 Å². The zero-order valence-corrected chi connectivity index (χ0v) is 10.6. The third-order valence-corrected chi connectivity index (χ3v) is 3.46. The summed E-state index contributed by atoms with van der Waals surface area (Å²) in [5, 5.41) is 0. The second-order valence-electron chi connectivity index (χ2n) is 4.35. The van der Waals surface area contributed by atoms with E-state index in [1.807, 2.05) is 29.2 Å². The lowest BCUT2D eigenvalue weighted by Crippen LogP contribution is -2.24. The first kappa shape index (κ1) is 12.2. The smallest absolute Gasteiger partial charge is 0.223 e. The quantitative estimate of drug-likeness (QED) is 0.771. The molecule has 0 N–H and O–H groups in total. The van der Waals surface area contributed by atoms with E-state index in [-0.39, 0.29) is 5.91 Å². The lowest BCUT2D eigenvalue weighted by atomic mass is 10.1. The Kier molecular flexibility index (Phi) is 3.89. The number of carbonyl (C=O) groups excluding carboxylic acids is 1. The molecule has 0 bridgehead atoms. The molecule has 1 amide bonds. The highest BCUT2D eigenvalue weighted by molar-refractivity contribution is 6.18. The van der Waals surface area contributed by atoms with Crippen LogP contribution in [0.2, 0.25) is 0 Å². The summed E-state index contributed by atoms with van der Waals surface area (Å²) in [6, 6.07) is 7.80. The molecule has 1 fully saturated rings. The molecule has 0 spiro atoms. The molecule has 0 aliphatic carbocycles. The van der Waals surface area contributed by atoms with Crippen molar-refractivity contribution in [3.63, 3.8) is 0 Å². The minimum atomic E-state index is 0.193. The molecule has 1 aliphatic rings. The number of nitrogens with zero attached hydrogens (tertiary/aromatic N) is 1. The molecule has 2 rings (SSSR count). The van der Waals surface area contributed by atoms with Crippen molar-refractivity contribution in [2.24, 2.45) is 5.92 Å². The van der Waals surface area contributed by atoms with E-state index in [2.05, 4.69) is 0 Å². The van der Waals surface area contributed by atoms with Crippen molar-refractivity contribution >= 4 is 17.5 Å². The number of methoxy groups -OCH3 is 1. The molecule has 0 radical (unpaired) electrons. The summed E-state index contributed by atoms with van der Waals surface area (Å²) in [6.07, 6.45) is 0.577. The molecular formula is C13H16ClNO2. The molecule has 1 heterocycles. The van der Waals surface area contributed by atoms with Gasteiger partial charge >= 0.3 is 0 Å². The number of halogens is 1. The second kappa shape index (κ2) is 5.41. The van der Waals surface area contributed by atoms with Crippen LogP contribution in [0.15, 0.2) is 24.3 Å². The molecule has 1 aromatic carbocycles. The van der Waals surface area contributed by atoms with E-state index in [4.69, 9.17) is 16.3 Å². The van der Waals surface area contributed by atoms with Gasteiger partial charge in [-0.1, -0.05) is 12.1 Å². The summed E-state index contributed by atoms with van der Waals surface area (Å²) in [6.45, 7) is 1.41. The number of hydrogen-bond acceptors (Lipinski definition) is 2. The topological polar surface area (TPSA) is 29.5 Å². The number of alkyl halides is 1. The predicted octanol–water partition coefficient (Wildman–Crippen LogP) is 2.28. The van der Waals surface area contributed by atoms with Crippen LogP contribution < -0.4 is 4.74 Å². The van der Waals surface area contributed by atoms with Crippen LogP contribution >= 0.6 is 11.6 Å². The number of ether oxygens (including phenoxy) is 1. The first-order valence-corrected chi connectivity index (χ1v) is 6.23. The fraction of sp³-hybridized carbons (Fsp3) is 0.462. The van der Waals surface area contributed by atoms with Gasteiger partial charge in [0.15, 0.2) is 0 Å². The predicted molar refractivity (Wildman–Crippen MR) is 67.2 cm³/mol. The van der Waals surface area contributed by atoms with Gasteiger partial charge in [0.05, 0.1) is 7.11 Å². The molecule has 92 valence electrons.